The molecule has 0 radical (unpaired) electrons. The maximum Gasteiger partial charge on any atom is 0.264 e. The first-order chi connectivity index (χ1) is 9.24. The fourth-order valence-corrected chi connectivity index (χ4v) is 3.67. The average molecular weight is 299 g/mol. The molecule has 0 bridgehead atoms. The summed E-state index contributed by atoms with van der Waals surface area (Å²) in [7, 11) is 0. The maximum absolute atomic E-state index is 12.6. The second-order valence-electron chi connectivity index (χ2n) is 5.44. The Bertz CT molecular complexity index is 452. The number of piperidine rings is 1. The van der Waals surface area contributed by atoms with Crippen LogP contribution in [0.3, 0.4) is 0 Å². The zero-order valence-electron chi connectivity index (χ0n) is 10.9. The molecule has 2 aliphatic rings. The minimum absolute atomic E-state index is 0.159. The highest BCUT2D eigenvalue weighted by molar-refractivity contribution is 7.17. The van der Waals surface area contributed by atoms with Crippen molar-refractivity contribution in [3.05, 3.63) is 21.3 Å². The molecule has 104 valence electrons. The van der Waals surface area contributed by atoms with E-state index in [-0.39, 0.29) is 5.91 Å². The molecule has 1 N–H and O–H groups in total. The van der Waals surface area contributed by atoms with Gasteiger partial charge in [-0.15, -0.1) is 11.3 Å². The number of nitrogens with zero attached hydrogens (tertiary/aromatic N) is 1. The van der Waals surface area contributed by atoms with E-state index in [0.717, 1.165) is 30.8 Å². The first-order valence-electron chi connectivity index (χ1n) is 7.04. The Labute approximate surface area is 122 Å². The van der Waals surface area contributed by atoms with Crippen molar-refractivity contribution < 1.29 is 4.79 Å². The zero-order valence-corrected chi connectivity index (χ0v) is 12.5. The Morgan fingerprint density at radius 1 is 1.37 bits per heavy atom. The average Bonchev–Trinajstić information content (AvgIpc) is 3.18. The molecule has 0 spiro atoms. The van der Waals surface area contributed by atoms with Crippen molar-refractivity contribution >= 4 is 28.8 Å². The van der Waals surface area contributed by atoms with Crippen LogP contribution in [0.5, 0.6) is 0 Å². The molecule has 1 unspecified atom stereocenters. The number of amides is 1. The van der Waals surface area contributed by atoms with Crippen molar-refractivity contribution in [1.29, 1.82) is 0 Å². The second kappa shape index (κ2) is 5.81. The summed E-state index contributed by atoms with van der Waals surface area (Å²) < 4.78 is 0.690. The van der Waals surface area contributed by atoms with Gasteiger partial charge in [0.25, 0.3) is 5.91 Å². The third kappa shape index (κ3) is 3.30. The zero-order chi connectivity index (χ0) is 13.2. The Balaban J connectivity index is 1.68. The van der Waals surface area contributed by atoms with E-state index in [1.165, 1.54) is 30.6 Å². The first kappa shape index (κ1) is 13.4. The summed E-state index contributed by atoms with van der Waals surface area (Å²) in [5, 5.41) is 3.53. The summed E-state index contributed by atoms with van der Waals surface area (Å²) >= 11 is 7.32. The third-order valence-corrected chi connectivity index (χ3v) is 5.08. The van der Waals surface area contributed by atoms with E-state index < -0.39 is 0 Å². The Hall–Kier alpha value is -0.580. The molecule has 3 rings (SSSR count). The number of carbonyl (C=O) groups is 1. The topological polar surface area (TPSA) is 32.3 Å². The molecular formula is C14H19ClN2OS. The van der Waals surface area contributed by atoms with Crippen LogP contribution in [0.15, 0.2) is 12.1 Å². The van der Waals surface area contributed by atoms with Crippen LogP contribution in [0.4, 0.5) is 0 Å². The van der Waals surface area contributed by atoms with Crippen LogP contribution in [-0.2, 0) is 0 Å². The van der Waals surface area contributed by atoms with E-state index in [4.69, 9.17) is 11.6 Å². The van der Waals surface area contributed by atoms with Crippen molar-refractivity contribution in [2.24, 2.45) is 0 Å². The van der Waals surface area contributed by atoms with Gasteiger partial charge >= 0.3 is 0 Å². The van der Waals surface area contributed by atoms with E-state index in [9.17, 15) is 4.79 Å². The molecule has 1 atom stereocenters. The van der Waals surface area contributed by atoms with Crippen LogP contribution in [-0.4, -0.2) is 36.0 Å². The van der Waals surface area contributed by atoms with Gasteiger partial charge in [-0.1, -0.05) is 18.0 Å². The van der Waals surface area contributed by atoms with Crippen molar-refractivity contribution in [1.82, 2.24) is 10.2 Å². The van der Waals surface area contributed by atoms with Crippen LogP contribution in [0.2, 0.25) is 4.34 Å². The lowest BCUT2D eigenvalue weighted by molar-refractivity contribution is 0.0723. The van der Waals surface area contributed by atoms with Crippen LogP contribution in [0.1, 0.15) is 41.8 Å². The van der Waals surface area contributed by atoms with Gasteiger partial charge in [0.2, 0.25) is 0 Å². The smallest absolute Gasteiger partial charge is 0.264 e. The molecule has 19 heavy (non-hydrogen) atoms. The molecule has 1 saturated heterocycles. The summed E-state index contributed by atoms with van der Waals surface area (Å²) in [5.74, 6) is 0.159. The molecule has 1 amide bonds. The van der Waals surface area contributed by atoms with Gasteiger partial charge < -0.3 is 10.2 Å². The Morgan fingerprint density at radius 2 is 2.21 bits per heavy atom. The highest BCUT2D eigenvalue weighted by Gasteiger charge is 2.35. The summed E-state index contributed by atoms with van der Waals surface area (Å²) in [6.45, 7) is 1.93. The Kier molecular flexibility index (Phi) is 4.10. The molecule has 1 aliphatic carbocycles. The van der Waals surface area contributed by atoms with E-state index >= 15 is 0 Å². The molecule has 3 nitrogen and oxygen atoms in total. The molecule has 1 aromatic rings. The number of thiophene rings is 1. The van der Waals surface area contributed by atoms with Crippen LogP contribution in [0.25, 0.3) is 0 Å². The molecule has 5 heteroatoms. The third-order valence-electron chi connectivity index (χ3n) is 3.86. The van der Waals surface area contributed by atoms with Gasteiger partial charge in [-0.25, -0.2) is 0 Å². The summed E-state index contributed by atoms with van der Waals surface area (Å²) in [6.07, 6.45) is 6.01. The number of hydrogen-bond donors (Lipinski definition) is 1. The van der Waals surface area contributed by atoms with Gasteiger partial charge in [0.1, 0.15) is 0 Å². The molecule has 1 aromatic heterocycles. The monoisotopic (exact) mass is 298 g/mol. The lowest BCUT2D eigenvalue weighted by Crippen LogP contribution is -2.46. The first-order valence-corrected chi connectivity index (χ1v) is 8.23. The lowest BCUT2D eigenvalue weighted by atomic mass is 10.0. The lowest BCUT2D eigenvalue weighted by Gasteiger charge is -2.30. The number of carbonyl (C=O) groups excluding carboxylic acids is 1. The van der Waals surface area contributed by atoms with Gasteiger partial charge in [0, 0.05) is 18.6 Å². The van der Waals surface area contributed by atoms with Crippen LogP contribution in [0, 0.1) is 0 Å². The number of halogens is 1. The number of rotatable bonds is 4. The molecular weight excluding hydrogens is 280 g/mol. The standard InChI is InChI=1S/C14H19ClN2OS/c15-13-7-6-12(19-13)14(18)17(11-4-5-11)9-10-3-1-2-8-16-10/h6-7,10-11,16H,1-5,8-9H2. The maximum atomic E-state index is 12.6. The van der Waals surface area contributed by atoms with Crippen LogP contribution < -0.4 is 5.32 Å². The van der Waals surface area contributed by atoms with Gasteiger partial charge in [-0.05, 0) is 44.4 Å². The number of nitrogens with one attached hydrogen (secondary N) is 1. The molecule has 1 saturated carbocycles. The minimum Gasteiger partial charge on any atom is -0.333 e. The van der Waals surface area contributed by atoms with Crippen molar-refractivity contribution in [3.8, 4) is 0 Å². The SMILES string of the molecule is O=C(c1ccc(Cl)s1)N(CC1CCCCN1)C1CC1. The quantitative estimate of drug-likeness (QED) is 0.926. The largest absolute Gasteiger partial charge is 0.333 e. The molecule has 1 aliphatic heterocycles. The van der Waals surface area contributed by atoms with E-state index in [1.807, 2.05) is 12.1 Å². The van der Waals surface area contributed by atoms with Gasteiger partial charge in [-0.3, -0.25) is 4.79 Å². The summed E-state index contributed by atoms with van der Waals surface area (Å²) in [6, 6.07) is 4.58. The van der Waals surface area contributed by atoms with Gasteiger partial charge in [0.05, 0.1) is 9.21 Å². The van der Waals surface area contributed by atoms with Crippen molar-refractivity contribution in [3.63, 3.8) is 0 Å². The fraction of sp³-hybridized carbons (Fsp3) is 0.643. The van der Waals surface area contributed by atoms with E-state index in [2.05, 4.69) is 10.2 Å². The minimum atomic E-state index is 0.159. The normalized spacial score (nSPS) is 23.3. The predicted octanol–water partition coefficient (Wildman–Crippen LogP) is 3.15. The van der Waals surface area contributed by atoms with Crippen molar-refractivity contribution in [2.45, 2.75) is 44.2 Å². The van der Waals surface area contributed by atoms with Crippen molar-refractivity contribution in [2.75, 3.05) is 13.1 Å². The fourth-order valence-electron chi connectivity index (χ4n) is 2.67. The number of hydrogen-bond acceptors (Lipinski definition) is 3. The van der Waals surface area contributed by atoms with Crippen LogP contribution >= 0.6 is 22.9 Å². The second-order valence-corrected chi connectivity index (χ2v) is 7.15. The highest BCUT2D eigenvalue weighted by Crippen LogP contribution is 2.31. The highest BCUT2D eigenvalue weighted by atomic mass is 35.5. The van der Waals surface area contributed by atoms with E-state index in [1.54, 1.807) is 0 Å². The molecule has 0 aromatic carbocycles. The summed E-state index contributed by atoms with van der Waals surface area (Å²) in [4.78, 5) is 15.4. The summed E-state index contributed by atoms with van der Waals surface area (Å²) in [5.41, 5.74) is 0. The van der Waals surface area contributed by atoms with E-state index in [0.29, 0.717) is 16.4 Å². The molecule has 2 heterocycles. The predicted molar refractivity (Wildman–Crippen MR) is 79.0 cm³/mol. The Morgan fingerprint density at radius 3 is 2.79 bits per heavy atom. The molecule has 2 fully saturated rings. The van der Waals surface area contributed by atoms with Gasteiger partial charge in [-0.2, -0.15) is 0 Å². The van der Waals surface area contributed by atoms with Gasteiger partial charge in [0.15, 0.2) is 0 Å².